The van der Waals surface area contributed by atoms with E-state index in [1.807, 2.05) is 12.1 Å². The average molecular weight is 343 g/mol. The number of aryl methyl sites for hydroxylation is 2. The zero-order valence-electron chi connectivity index (χ0n) is 12.7. The first-order valence-electron chi connectivity index (χ1n) is 7.90. The highest BCUT2D eigenvalue weighted by atomic mass is 32.1. The van der Waals surface area contributed by atoms with Crippen LogP contribution in [-0.2, 0) is 19.4 Å². The quantitative estimate of drug-likeness (QED) is 0.568. The van der Waals surface area contributed by atoms with Gasteiger partial charge in [-0.3, -0.25) is 14.3 Å². The largest absolute Gasteiger partial charge is 0.323 e. The molecule has 0 saturated carbocycles. The van der Waals surface area contributed by atoms with Crippen LogP contribution in [0.3, 0.4) is 0 Å². The van der Waals surface area contributed by atoms with Crippen molar-refractivity contribution in [2.75, 3.05) is 0 Å². The van der Waals surface area contributed by atoms with Crippen LogP contribution in [0, 0.1) is 4.77 Å². The maximum atomic E-state index is 13.1. The first kappa shape index (κ1) is 14.8. The van der Waals surface area contributed by atoms with Crippen LogP contribution in [0.1, 0.15) is 35.3 Å². The van der Waals surface area contributed by atoms with Crippen molar-refractivity contribution in [3.05, 3.63) is 55.7 Å². The van der Waals surface area contributed by atoms with Crippen LogP contribution in [0.5, 0.6) is 0 Å². The maximum absolute atomic E-state index is 13.1. The van der Waals surface area contributed by atoms with E-state index in [9.17, 15) is 4.79 Å². The fraction of sp³-hybridized carbons (Fsp3) is 0.353. The number of pyridine rings is 1. The lowest BCUT2D eigenvalue weighted by atomic mass is 10.1. The Morgan fingerprint density at radius 3 is 3.00 bits per heavy atom. The second-order valence-electron chi connectivity index (χ2n) is 5.95. The Hall–Kier alpha value is -1.79. The van der Waals surface area contributed by atoms with E-state index >= 15 is 0 Å². The van der Waals surface area contributed by atoms with Crippen molar-refractivity contribution in [1.82, 2.24) is 14.5 Å². The van der Waals surface area contributed by atoms with E-state index in [-0.39, 0.29) is 5.56 Å². The van der Waals surface area contributed by atoms with Gasteiger partial charge in [0, 0.05) is 17.3 Å². The summed E-state index contributed by atoms with van der Waals surface area (Å²) in [4.78, 5) is 22.8. The van der Waals surface area contributed by atoms with Gasteiger partial charge in [-0.25, -0.2) is 0 Å². The number of H-pyrrole nitrogens is 1. The van der Waals surface area contributed by atoms with Crippen molar-refractivity contribution < 1.29 is 0 Å². The van der Waals surface area contributed by atoms with E-state index in [0.29, 0.717) is 11.3 Å². The highest BCUT2D eigenvalue weighted by molar-refractivity contribution is 7.71. The van der Waals surface area contributed by atoms with Gasteiger partial charge >= 0.3 is 0 Å². The molecule has 23 heavy (non-hydrogen) atoms. The summed E-state index contributed by atoms with van der Waals surface area (Å²) in [6.07, 6.45) is 9.21. The SMILES string of the molecule is O=c1c2c3c(sc2[nH]c(=S)n1Cc1cccnc1)CCCCC3. The Bertz CT molecular complexity index is 969. The lowest BCUT2D eigenvalue weighted by Gasteiger charge is -2.07. The Kier molecular flexibility index (Phi) is 3.87. The number of rotatable bonds is 2. The van der Waals surface area contributed by atoms with E-state index in [2.05, 4.69) is 9.97 Å². The second-order valence-corrected chi connectivity index (χ2v) is 7.44. The molecule has 4 nitrogen and oxygen atoms in total. The number of thiophene rings is 1. The number of nitrogens with one attached hydrogen (secondary N) is 1. The standard InChI is InChI=1S/C17H17N3OS2/c21-16-14-12-6-2-1-3-7-13(12)23-15(14)19-17(22)20(16)10-11-5-4-8-18-9-11/h4-5,8-9H,1-3,6-7,10H2,(H,19,22). The van der Waals surface area contributed by atoms with Gasteiger partial charge < -0.3 is 4.98 Å². The normalized spacial score (nSPS) is 14.6. The number of nitrogens with zero attached hydrogens (tertiary/aromatic N) is 2. The molecule has 0 bridgehead atoms. The minimum absolute atomic E-state index is 0.0343. The summed E-state index contributed by atoms with van der Waals surface area (Å²) in [5.74, 6) is 0. The third kappa shape index (κ3) is 2.66. The Labute approximate surface area is 142 Å². The van der Waals surface area contributed by atoms with E-state index in [1.165, 1.54) is 23.3 Å². The van der Waals surface area contributed by atoms with Gasteiger partial charge in [0.05, 0.1) is 11.9 Å². The summed E-state index contributed by atoms with van der Waals surface area (Å²) in [6, 6.07) is 3.84. The van der Waals surface area contributed by atoms with E-state index < -0.39 is 0 Å². The van der Waals surface area contributed by atoms with Crippen LogP contribution in [-0.4, -0.2) is 14.5 Å². The number of hydrogen-bond acceptors (Lipinski definition) is 4. The molecule has 0 saturated heterocycles. The second kappa shape index (κ2) is 6.02. The molecule has 4 rings (SSSR count). The van der Waals surface area contributed by atoms with Crippen molar-refractivity contribution in [2.24, 2.45) is 0 Å². The molecule has 0 unspecified atom stereocenters. The van der Waals surface area contributed by atoms with Crippen LogP contribution >= 0.6 is 23.6 Å². The molecule has 0 radical (unpaired) electrons. The van der Waals surface area contributed by atoms with Gasteiger partial charge in [0.25, 0.3) is 5.56 Å². The first-order valence-corrected chi connectivity index (χ1v) is 9.13. The Balaban J connectivity index is 1.90. The molecule has 1 N–H and O–H groups in total. The van der Waals surface area contributed by atoms with Gasteiger partial charge in [-0.15, -0.1) is 11.3 Å². The Morgan fingerprint density at radius 1 is 1.30 bits per heavy atom. The Morgan fingerprint density at radius 2 is 2.17 bits per heavy atom. The van der Waals surface area contributed by atoms with Crippen molar-refractivity contribution in [3.8, 4) is 0 Å². The topological polar surface area (TPSA) is 50.7 Å². The fourth-order valence-corrected chi connectivity index (χ4v) is 4.86. The summed E-state index contributed by atoms with van der Waals surface area (Å²) in [5.41, 5.74) is 2.26. The number of hydrogen-bond donors (Lipinski definition) is 1. The maximum Gasteiger partial charge on any atom is 0.263 e. The van der Waals surface area contributed by atoms with Gasteiger partial charge in [-0.1, -0.05) is 12.5 Å². The van der Waals surface area contributed by atoms with Crippen molar-refractivity contribution in [2.45, 2.75) is 38.6 Å². The minimum atomic E-state index is 0.0343. The van der Waals surface area contributed by atoms with Crippen molar-refractivity contribution in [1.29, 1.82) is 0 Å². The van der Waals surface area contributed by atoms with Gasteiger partial charge in [-0.05, 0) is 55.1 Å². The predicted octanol–water partition coefficient (Wildman–Crippen LogP) is 3.83. The average Bonchev–Trinajstić information content (AvgIpc) is 2.74. The molecule has 3 aromatic rings. The third-order valence-corrected chi connectivity index (χ3v) is 5.94. The number of aromatic nitrogens is 3. The molecular weight excluding hydrogens is 326 g/mol. The zero-order chi connectivity index (χ0) is 15.8. The monoisotopic (exact) mass is 343 g/mol. The lowest BCUT2D eigenvalue weighted by Crippen LogP contribution is -2.23. The molecule has 1 aliphatic carbocycles. The molecule has 3 heterocycles. The van der Waals surface area contributed by atoms with Crippen LogP contribution in [0.2, 0.25) is 0 Å². The van der Waals surface area contributed by atoms with Crippen LogP contribution in [0.15, 0.2) is 29.3 Å². The third-order valence-electron chi connectivity index (χ3n) is 4.41. The lowest BCUT2D eigenvalue weighted by molar-refractivity contribution is 0.711. The minimum Gasteiger partial charge on any atom is -0.323 e. The van der Waals surface area contributed by atoms with Crippen molar-refractivity contribution >= 4 is 33.8 Å². The molecule has 118 valence electrons. The molecule has 0 atom stereocenters. The van der Waals surface area contributed by atoms with E-state index in [4.69, 9.17) is 12.2 Å². The summed E-state index contributed by atoms with van der Waals surface area (Å²) < 4.78 is 2.15. The number of fused-ring (bicyclic) bond motifs is 3. The molecule has 0 spiro atoms. The summed E-state index contributed by atoms with van der Waals surface area (Å²) in [5, 5.41) is 0.851. The van der Waals surface area contributed by atoms with Gasteiger partial charge in [-0.2, -0.15) is 0 Å². The van der Waals surface area contributed by atoms with Gasteiger partial charge in [0.1, 0.15) is 4.83 Å². The molecule has 0 amide bonds. The molecule has 3 aromatic heterocycles. The smallest absolute Gasteiger partial charge is 0.263 e. The molecular formula is C17H17N3OS2. The van der Waals surface area contributed by atoms with Crippen LogP contribution in [0.25, 0.3) is 10.2 Å². The van der Waals surface area contributed by atoms with Crippen LogP contribution in [0.4, 0.5) is 0 Å². The van der Waals surface area contributed by atoms with E-state index in [0.717, 1.165) is 35.0 Å². The summed E-state index contributed by atoms with van der Waals surface area (Å²) in [6.45, 7) is 0.461. The summed E-state index contributed by atoms with van der Waals surface area (Å²) >= 11 is 7.14. The summed E-state index contributed by atoms with van der Waals surface area (Å²) in [7, 11) is 0. The van der Waals surface area contributed by atoms with Gasteiger partial charge in [0.15, 0.2) is 4.77 Å². The molecule has 1 aliphatic rings. The zero-order valence-corrected chi connectivity index (χ0v) is 14.3. The van der Waals surface area contributed by atoms with Gasteiger partial charge in [0.2, 0.25) is 0 Å². The highest BCUT2D eigenvalue weighted by Crippen LogP contribution is 2.32. The molecule has 6 heteroatoms. The predicted molar refractivity (Wildman–Crippen MR) is 95.9 cm³/mol. The molecule has 0 fully saturated rings. The van der Waals surface area contributed by atoms with E-state index in [1.54, 1.807) is 28.3 Å². The highest BCUT2D eigenvalue weighted by Gasteiger charge is 2.19. The van der Waals surface area contributed by atoms with Crippen LogP contribution < -0.4 is 5.56 Å². The molecule has 0 aliphatic heterocycles. The first-order chi connectivity index (χ1) is 11.2. The van der Waals surface area contributed by atoms with Crippen molar-refractivity contribution in [3.63, 3.8) is 0 Å². The fourth-order valence-electron chi connectivity index (χ4n) is 3.27. The number of aromatic amines is 1. The molecule has 0 aromatic carbocycles.